The van der Waals surface area contributed by atoms with Crippen molar-refractivity contribution in [2.45, 2.75) is 44.3 Å². The molecule has 1 saturated heterocycles. The molecule has 2 bridgehead atoms. The predicted molar refractivity (Wildman–Crippen MR) is 169 cm³/mol. The number of aromatic hydroxyl groups is 1. The smallest absolute Gasteiger partial charge is 0.254 e. The van der Waals surface area contributed by atoms with E-state index in [0.29, 0.717) is 34.7 Å². The van der Waals surface area contributed by atoms with Crippen LogP contribution in [0.1, 0.15) is 36.0 Å². The van der Waals surface area contributed by atoms with Gasteiger partial charge in [-0.05, 0) is 73.9 Å². The highest BCUT2D eigenvalue weighted by Crippen LogP contribution is 2.43. The van der Waals surface area contributed by atoms with Crippen LogP contribution in [-0.2, 0) is 13.6 Å². The van der Waals surface area contributed by atoms with Crippen molar-refractivity contribution >= 4 is 39.4 Å². The zero-order valence-electron chi connectivity index (χ0n) is 24.3. The molecule has 0 spiro atoms. The Hall–Kier alpha value is -4.01. The van der Waals surface area contributed by atoms with Crippen LogP contribution in [0.5, 0.6) is 11.5 Å². The van der Waals surface area contributed by atoms with Gasteiger partial charge >= 0.3 is 0 Å². The van der Waals surface area contributed by atoms with Gasteiger partial charge < -0.3 is 29.6 Å². The third-order valence-electron chi connectivity index (χ3n) is 9.85. The molecule has 3 heterocycles. The van der Waals surface area contributed by atoms with Crippen LogP contribution in [0, 0.1) is 11.8 Å². The Morgan fingerprint density at radius 3 is 2.60 bits per heavy atom. The Kier molecular flexibility index (Phi) is 6.04. The molecular formula is C34H34ClN5O3. The van der Waals surface area contributed by atoms with E-state index in [2.05, 4.69) is 27.3 Å². The maximum absolute atomic E-state index is 13.7. The number of methoxy groups -OCH3 is 1. The lowest BCUT2D eigenvalue weighted by molar-refractivity contribution is 0.0700. The van der Waals surface area contributed by atoms with Crippen LogP contribution in [-0.4, -0.2) is 55.8 Å². The summed E-state index contributed by atoms with van der Waals surface area (Å²) in [6.07, 6.45) is 4.46. The van der Waals surface area contributed by atoms with Crippen molar-refractivity contribution in [2.75, 3.05) is 13.7 Å². The van der Waals surface area contributed by atoms with E-state index in [1.54, 1.807) is 19.2 Å². The monoisotopic (exact) mass is 595 g/mol. The minimum atomic E-state index is -0.00619. The number of imidazole rings is 1. The third-order valence-corrected chi connectivity index (χ3v) is 10.2. The van der Waals surface area contributed by atoms with Crippen molar-refractivity contribution in [1.82, 2.24) is 19.0 Å². The Labute approximate surface area is 254 Å². The maximum atomic E-state index is 13.7. The molecule has 3 fully saturated rings. The van der Waals surface area contributed by atoms with E-state index in [4.69, 9.17) is 27.1 Å². The number of fused-ring (bicyclic) bond motifs is 4. The summed E-state index contributed by atoms with van der Waals surface area (Å²) >= 11 is 6.65. The van der Waals surface area contributed by atoms with Crippen LogP contribution in [0.2, 0.25) is 5.02 Å². The number of aromatic nitrogens is 3. The van der Waals surface area contributed by atoms with Gasteiger partial charge in [0.2, 0.25) is 0 Å². The lowest BCUT2D eigenvalue weighted by Gasteiger charge is -2.27. The van der Waals surface area contributed by atoms with Gasteiger partial charge in [-0.1, -0.05) is 29.8 Å². The highest BCUT2D eigenvalue weighted by molar-refractivity contribution is 6.33. The fraction of sp³-hybridized carbons (Fsp3) is 0.353. The van der Waals surface area contributed by atoms with Gasteiger partial charge in [0.25, 0.3) is 5.91 Å². The number of phenolic OH excluding ortho intramolecular Hbond substituents is 1. The van der Waals surface area contributed by atoms with Crippen LogP contribution in [0.4, 0.5) is 0 Å². The molecule has 43 heavy (non-hydrogen) atoms. The summed E-state index contributed by atoms with van der Waals surface area (Å²) in [5.41, 5.74) is 12.5. The van der Waals surface area contributed by atoms with E-state index in [1.165, 1.54) is 12.8 Å². The average Bonchev–Trinajstić information content (AvgIpc) is 3.39. The third kappa shape index (κ3) is 4.14. The number of amides is 1. The van der Waals surface area contributed by atoms with E-state index in [-0.39, 0.29) is 23.7 Å². The summed E-state index contributed by atoms with van der Waals surface area (Å²) in [6, 6.07) is 17.5. The van der Waals surface area contributed by atoms with Crippen molar-refractivity contribution < 1.29 is 14.6 Å². The molecule has 5 aromatic rings. The van der Waals surface area contributed by atoms with Crippen LogP contribution in [0.3, 0.4) is 0 Å². The Balaban J connectivity index is 1.28. The zero-order chi connectivity index (χ0) is 29.6. The maximum Gasteiger partial charge on any atom is 0.254 e. The number of carbonyl (C=O) groups is 1. The standard InChI is InChI=1S/C34H34ClN5O3/c1-38-32-26(12-21(14-29(32)43-2)34(42)40-17-20-8-11-27(40)30(20)36)37-33(38)28-13-19-4-3-5-24(23-10-9-22(41)15-25(23)35)31(19)39(28)16-18-6-7-18/h3-5,9-10,12-15,18,20,27,30,41H,6-8,11,16-17,36H2,1-2H3/t20-,27-,30-/m1/s1. The number of halogens is 1. The van der Waals surface area contributed by atoms with Crippen molar-refractivity contribution in [1.29, 1.82) is 0 Å². The number of phenols is 1. The van der Waals surface area contributed by atoms with Crippen molar-refractivity contribution in [3.05, 3.63) is 65.2 Å². The summed E-state index contributed by atoms with van der Waals surface area (Å²) in [5.74, 6) is 2.55. The lowest BCUT2D eigenvalue weighted by Crippen LogP contribution is -2.41. The largest absolute Gasteiger partial charge is 0.508 e. The highest BCUT2D eigenvalue weighted by atomic mass is 35.5. The van der Waals surface area contributed by atoms with Crippen LogP contribution in [0.25, 0.3) is 44.6 Å². The second-order valence-corrected chi connectivity index (χ2v) is 12.9. The SMILES string of the molecule is COc1cc(C(=O)N2C[C@H]3CC[C@@H]2[C@@H]3N)cc2nc(-c3cc4cccc(-c5ccc(O)cc5Cl)c4n3CC3CC3)n(C)c12. The van der Waals surface area contributed by atoms with Crippen LogP contribution < -0.4 is 10.5 Å². The molecule has 8 rings (SSSR count). The second-order valence-electron chi connectivity index (χ2n) is 12.5. The van der Waals surface area contributed by atoms with Gasteiger partial charge in [-0.25, -0.2) is 4.98 Å². The van der Waals surface area contributed by atoms with Gasteiger partial charge in [0.1, 0.15) is 17.0 Å². The molecular weight excluding hydrogens is 562 g/mol. The van der Waals surface area contributed by atoms with E-state index >= 15 is 0 Å². The number of ether oxygens (including phenoxy) is 1. The van der Waals surface area contributed by atoms with Crippen molar-refractivity contribution in [2.24, 2.45) is 24.6 Å². The number of nitrogens with two attached hydrogens (primary N) is 1. The normalized spacial score (nSPS) is 21.4. The number of aryl methyl sites for hydroxylation is 1. The second kappa shape index (κ2) is 9.76. The lowest BCUT2D eigenvalue weighted by atomic mass is 10.0. The predicted octanol–water partition coefficient (Wildman–Crippen LogP) is 6.20. The number of nitrogens with zero attached hydrogens (tertiary/aromatic N) is 4. The minimum absolute atomic E-state index is 0.00619. The number of hydrogen-bond donors (Lipinski definition) is 2. The molecule has 0 unspecified atom stereocenters. The summed E-state index contributed by atoms with van der Waals surface area (Å²) in [5, 5.41) is 11.6. The number of benzene rings is 3. The topological polar surface area (TPSA) is 98.5 Å². The van der Waals surface area contributed by atoms with Gasteiger partial charge in [0.05, 0.1) is 28.9 Å². The molecule has 1 amide bonds. The first-order valence-electron chi connectivity index (χ1n) is 15.0. The van der Waals surface area contributed by atoms with Crippen LogP contribution >= 0.6 is 11.6 Å². The average molecular weight is 596 g/mol. The number of carbonyl (C=O) groups excluding carboxylic acids is 1. The molecule has 3 aliphatic rings. The fourth-order valence-corrected chi connectivity index (χ4v) is 7.74. The molecule has 220 valence electrons. The van der Waals surface area contributed by atoms with E-state index < -0.39 is 0 Å². The minimum Gasteiger partial charge on any atom is -0.508 e. The molecule has 3 aromatic carbocycles. The van der Waals surface area contributed by atoms with E-state index in [9.17, 15) is 9.90 Å². The molecule has 2 aromatic heterocycles. The van der Waals surface area contributed by atoms with Gasteiger partial charge in [0.15, 0.2) is 5.82 Å². The first-order chi connectivity index (χ1) is 20.8. The quantitative estimate of drug-likeness (QED) is 0.243. The molecule has 0 radical (unpaired) electrons. The van der Waals surface area contributed by atoms with E-state index in [1.807, 2.05) is 36.2 Å². The van der Waals surface area contributed by atoms with E-state index in [0.717, 1.165) is 64.0 Å². The Bertz CT molecular complexity index is 1940. The van der Waals surface area contributed by atoms with Gasteiger partial charge in [-0.2, -0.15) is 0 Å². The van der Waals surface area contributed by atoms with Gasteiger partial charge in [0, 0.05) is 54.3 Å². The van der Waals surface area contributed by atoms with Crippen LogP contribution in [0.15, 0.2) is 54.6 Å². The number of para-hydroxylation sites is 1. The zero-order valence-corrected chi connectivity index (χ0v) is 25.0. The number of likely N-dealkylation sites (tertiary alicyclic amines) is 1. The van der Waals surface area contributed by atoms with Crippen molar-refractivity contribution in [3.63, 3.8) is 0 Å². The molecule has 2 saturated carbocycles. The summed E-state index contributed by atoms with van der Waals surface area (Å²) in [4.78, 5) is 20.8. The summed E-state index contributed by atoms with van der Waals surface area (Å²) in [7, 11) is 3.64. The molecule has 3 N–H and O–H groups in total. The highest BCUT2D eigenvalue weighted by Gasteiger charge is 2.47. The number of rotatable bonds is 6. The first kappa shape index (κ1) is 26.6. The molecule has 9 heteroatoms. The summed E-state index contributed by atoms with van der Waals surface area (Å²) < 4.78 is 10.3. The number of hydrogen-bond acceptors (Lipinski definition) is 5. The number of piperidine rings is 1. The van der Waals surface area contributed by atoms with Gasteiger partial charge in [-0.15, -0.1) is 0 Å². The molecule has 1 aliphatic heterocycles. The Morgan fingerprint density at radius 1 is 1.07 bits per heavy atom. The Morgan fingerprint density at radius 2 is 1.91 bits per heavy atom. The van der Waals surface area contributed by atoms with Crippen molar-refractivity contribution in [3.8, 4) is 34.1 Å². The molecule has 8 nitrogen and oxygen atoms in total. The molecule has 3 atom stereocenters. The fourth-order valence-electron chi connectivity index (χ4n) is 7.46. The van der Waals surface area contributed by atoms with Gasteiger partial charge in [-0.3, -0.25) is 4.79 Å². The first-order valence-corrected chi connectivity index (χ1v) is 15.4. The summed E-state index contributed by atoms with van der Waals surface area (Å²) in [6.45, 7) is 1.58. The molecule has 2 aliphatic carbocycles.